The first-order valence-electron chi connectivity index (χ1n) is 14.2. The Morgan fingerprint density at radius 2 is 1.44 bits per heavy atom. The van der Waals surface area contributed by atoms with Gasteiger partial charge in [0.05, 0.1) is 17.6 Å². The van der Waals surface area contributed by atoms with Crippen molar-refractivity contribution in [3.63, 3.8) is 0 Å². The van der Waals surface area contributed by atoms with Crippen LogP contribution in [0.5, 0.6) is 0 Å². The standard InChI is InChI=1S/C31H42N6O5S/c1-22-9-13-25(14-10-22)36-27(21-26(33-36)30(2,3)4)37(42-43(8,40)41)29(39)32-23-11-15-24(16-12-23)34-17-19-35(20-18-34)28(38)31(5,6)7/h9-16,21H,17-20H2,1-8H3,(H,32,39). The number of amides is 3. The maximum Gasteiger partial charge on any atom is 0.353 e. The summed E-state index contributed by atoms with van der Waals surface area (Å²) in [5, 5.41) is 8.18. The Bertz CT molecular complexity index is 1560. The van der Waals surface area contributed by atoms with Gasteiger partial charge in [0.15, 0.2) is 5.82 Å². The van der Waals surface area contributed by atoms with Crippen molar-refractivity contribution in [2.75, 3.05) is 47.7 Å². The lowest BCUT2D eigenvalue weighted by atomic mass is 9.92. The van der Waals surface area contributed by atoms with Gasteiger partial charge >= 0.3 is 6.03 Å². The Morgan fingerprint density at radius 3 is 1.95 bits per heavy atom. The van der Waals surface area contributed by atoms with Gasteiger partial charge in [-0.15, -0.1) is 9.35 Å². The zero-order valence-electron chi connectivity index (χ0n) is 26.2. The maximum absolute atomic E-state index is 13.6. The van der Waals surface area contributed by atoms with Crippen LogP contribution in [-0.4, -0.2) is 67.5 Å². The highest BCUT2D eigenvalue weighted by Gasteiger charge is 2.31. The molecule has 4 rings (SSSR count). The Balaban J connectivity index is 1.56. The third kappa shape index (κ3) is 7.94. The van der Waals surface area contributed by atoms with Crippen LogP contribution in [0, 0.1) is 12.3 Å². The maximum atomic E-state index is 13.6. The minimum atomic E-state index is -4.09. The van der Waals surface area contributed by atoms with Crippen LogP contribution in [0.25, 0.3) is 5.69 Å². The minimum absolute atomic E-state index is 0.135. The molecule has 2 heterocycles. The van der Waals surface area contributed by atoms with Gasteiger partial charge in [0.25, 0.3) is 10.1 Å². The third-order valence-corrected chi connectivity index (χ3v) is 7.45. The van der Waals surface area contributed by atoms with Crippen molar-refractivity contribution in [2.24, 2.45) is 5.41 Å². The van der Waals surface area contributed by atoms with E-state index in [1.807, 2.05) is 89.8 Å². The molecule has 1 aliphatic rings. The summed E-state index contributed by atoms with van der Waals surface area (Å²) < 4.78 is 31.3. The number of benzene rings is 2. The summed E-state index contributed by atoms with van der Waals surface area (Å²) in [5.41, 5.74) is 2.93. The summed E-state index contributed by atoms with van der Waals surface area (Å²) in [7, 11) is -4.09. The number of urea groups is 1. The first-order chi connectivity index (χ1) is 19.9. The molecule has 3 amide bonds. The van der Waals surface area contributed by atoms with Crippen LogP contribution in [0.2, 0.25) is 0 Å². The fraction of sp³-hybridized carbons (Fsp3) is 0.452. The summed E-state index contributed by atoms with van der Waals surface area (Å²) in [6.07, 6.45) is 0.883. The van der Waals surface area contributed by atoms with Gasteiger partial charge in [0, 0.05) is 54.5 Å². The van der Waals surface area contributed by atoms with Gasteiger partial charge in [0.1, 0.15) is 0 Å². The molecular formula is C31H42N6O5S. The van der Waals surface area contributed by atoms with E-state index in [0.717, 1.165) is 22.6 Å². The molecule has 0 radical (unpaired) electrons. The zero-order valence-corrected chi connectivity index (χ0v) is 27.0. The van der Waals surface area contributed by atoms with Crippen LogP contribution in [0.3, 0.4) is 0 Å². The third-order valence-electron chi connectivity index (χ3n) is 7.03. The van der Waals surface area contributed by atoms with Crippen molar-refractivity contribution in [3.8, 4) is 5.69 Å². The van der Waals surface area contributed by atoms with Crippen LogP contribution in [-0.2, 0) is 24.6 Å². The van der Waals surface area contributed by atoms with Crippen LogP contribution in [0.4, 0.5) is 22.0 Å². The van der Waals surface area contributed by atoms with Crippen molar-refractivity contribution in [1.82, 2.24) is 14.7 Å². The molecule has 0 unspecified atom stereocenters. The summed E-state index contributed by atoms with van der Waals surface area (Å²) in [6.45, 7) is 16.3. The molecule has 0 spiro atoms. The minimum Gasteiger partial charge on any atom is -0.368 e. The Kier molecular flexibility index (Phi) is 8.94. The molecule has 2 aromatic carbocycles. The topological polar surface area (TPSA) is 117 Å². The quantitative estimate of drug-likeness (QED) is 0.386. The second-order valence-electron chi connectivity index (χ2n) is 13.0. The molecule has 1 fully saturated rings. The Labute approximate surface area is 254 Å². The van der Waals surface area contributed by atoms with Gasteiger partial charge in [-0.2, -0.15) is 13.5 Å². The molecule has 1 N–H and O–H groups in total. The molecule has 1 aromatic heterocycles. The molecule has 0 bridgehead atoms. The molecule has 1 aliphatic heterocycles. The zero-order chi connectivity index (χ0) is 31.7. The van der Waals surface area contributed by atoms with E-state index in [4.69, 9.17) is 9.38 Å². The first-order valence-corrected chi connectivity index (χ1v) is 16.1. The number of hydroxylamine groups is 1. The van der Waals surface area contributed by atoms with E-state index in [9.17, 15) is 18.0 Å². The van der Waals surface area contributed by atoms with Crippen LogP contribution < -0.4 is 15.3 Å². The molecule has 43 heavy (non-hydrogen) atoms. The van der Waals surface area contributed by atoms with E-state index in [0.29, 0.717) is 43.2 Å². The van der Waals surface area contributed by atoms with Crippen molar-refractivity contribution in [3.05, 3.63) is 65.9 Å². The number of carbonyl (C=O) groups is 2. The van der Waals surface area contributed by atoms with E-state index in [-0.39, 0.29) is 17.1 Å². The normalized spacial score (nSPS) is 14.5. The fourth-order valence-electron chi connectivity index (χ4n) is 4.64. The van der Waals surface area contributed by atoms with Gasteiger partial charge in [-0.05, 0) is 43.3 Å². The van der Waals surface area contributed by atoms with Gasteiger partial charge in [-0.25, -0.2) is 9.48 Å². The van der Waals surface area contributed by atoms with E-state index in [1.54, 1.807) is 18.2 Å². The van der Waals surface area contributed by atoms with Gasteiger partial charge in [-0.3, -0.25) is 4.79 Å². The summed E-state index contributed by atoms with van der Waals surface area (Å²) in [6, 6.07) is 15.6. The van der Waals surface area contributed by atoms with Crippen molar-refractivity contribution >= 4 is 39.2 Å². The van der Waals surface area contributed by atoms with E-state index < -0.39 is 21.6 Å². The Hall–Kier alpha value is -3.90. The summed E-state index contributed by atoms with van der Waals surface area (Å²) in [4.78, 5) is 30.3. The average molecular weight is 611 g/mol. The predicted molar refractivity (Wildman–Crippen MR) is 169 cm³/mol. The number of hydrogen-bond acceptors (Lipinski definition) is 7. The van der Waals surface area contributed by atoms with Crippen molar-refractivity contribution in [1.29, 1.82) is 0 Å². The number of aromatic nitrogens is 2. The molecule has 0 aliphatic carbocycles. The summed E-state index contributed by atoms with van der Waals surface area (Å²) >= 11 is 0. The highest BCUT2D eigenvalue weighted by molar-refractivity contribution is 7.86. The second-order valence-corrected chi connectivity index (χ2v) is 14.5. The van der Waals surface area contributed by atoms with Gasteiger partial charge in [0.2, 0.25) is 5.91 Å². The van der Waals surface area contributed by atoms with E-state index in [2.05, 4.69) is 10.2 Å². The molecule has 0 saturated carbocycles. The van der Waals surface area contributed by atoms with Crippen molar-refractivity contribution in [2.45, 2.75) is 53.9 Å². The number of nitrogens with zero attached hydrogens (tertiary/aromatic N) is 5. The first kappa shape index (κ1) is 32.0. The van der Waals surface area contributed by atoms with Gasteiger partial charge < -0.3 is 15.1 Å². The number of aryl methyl sites for hydroxylation is 1. The second kappa shape index (κ2) is 12.0. The Morgan fingerprint density at radius 1 is 0.884 bits per heavy atom. The molecule has 232 valence electrons. The van der Waals surface area contributed by atoms with Crippen LogP contribution in [0.15, 0.2) is 54.6 Å². The molecule has 1 saturated heterocycles. The SMILES string of the molecule is Cc1ccc(-n2nc(C(C)(C)C)cc2N(OS(C)(=O)=O)C(=O)Nc2ccc(N3CCN(C(=O)C(C)(C)C)CC3)cc2)cc1. The van der Waals surface area contributed by atoms with E-state index >= 15 is 0 Å². The highest BCUT2D eigenvalue weighted by Crippen LogP contribution is 2.30. The van der Waals surface area contributed by atoms with Gasteiger partial charge in [-0.1, -0.05) is 59.2 Å². The number of piperazine rings is 1. The largest absolute Gasteiger partial charge is 0.368 e. The van der Waals surface area contributed by atoms with Crippen molar-refractivity contribution < 1.29 is 22.3 Å². The molecule has 0 atom stereocenters. The smallest absolute Gasteiger partial charge is 0.353 e. The molecule has 3 aromatic rings. The predicted octanol–water partition coefficient (Wildman–Crippen LogP) is 5.10. The number of nitrogens with one attached hydrogen (secondary N) is 1. The number of carbonyl (C=O) groups excluding carboxylic acids is 2. The lowest BCUT2D eigenvalue weighted by molar-refractivity contribution is -0.139. The monoisotopic (exact) mass is 610 g/mol. The lowest BCUT2D eigenvalue weighted by Gasteiger charge is -2.38. The summed E-state index contributed by atoms with van der Waals surface area (Å²) in [5.74, 6) is 0.278. The number of rotatable bonds is 6. The van der Waals surface area contributed by atoms with E-state index in [1.165, 1.54) is 4.68 Å². The highest BCUT2D eigenvalue weighted by atomic mass is 32.2. The molecule has 12 heteroatoms. The van der Waals surface area contributed by atoms with Crippen LogP contribution >= 0.6 is 0 Å². The number of hydrogen-bond donors (Lipinski definition) is 1. The average Bonchev–Trinajstić information content (AvgIpc) is 3.37. The fourth-order valence-corrected chi connectivity index (χ4v) is 5.06. The number of anilines is 3. The molecular weight excluding hydrogens is 568 g/mol. The van der Waals surface area contributed by atoms with Crippen LogP contribution in [0.1, 0.15) is 52.8 Å². The molecule has 11 nitrogen and oxygen atoms in total. The lowest BCUT2D eigenvalue weighted by Crippen LogP contribution is -2.51.